The van der Waals surface area contributed by atoms with Gasteiger partial charge in [-0.15, -0.1) is 0 Å². The molecule has 2 aromatic carbocycles. The monoisotopic (exact) mass is 445 g/mol. The number of non-ortho nitro benzene ring substituents is 1. The van der Waals surface area contributed by atoms with Crippen molar-refractivity contribution >= 4 is 34.7 Å². The van der Waals surface area contributed by atoms with E-state index >= 15 is 0 Å². The molecule has 3 rings (SSSR count). The first kappa shape index (κ1) is 21.7. The molecule has 160 valence electrons. The van der Waals surface area contributed by atoms with Crippen LogP contribution in [0.15, 0.2) is 42.5 Å². The topological polar surface area (TPSA) is 142 Å². The van der Waals surface area contributed by atoms with Crippen LogP contribution in [0.5, 0.6) is 11.5 Å². The second-order valence-corrected chi connectivity index (χ2v) is 6.90. The molecule has 0 aliphatic heterocycles. The first-order chi connectivity index (χ1) is 14.7. The number of rotatable bonds is 7. The number of carbonyl (C=O) groups is 1. The van der Waals surface area contributed by atoms with Crippen molar-refractivity contribution in [2.75, 3.05) is 5.32 Å². The van der Waals surface area contributed by atoms with Gasteiger partial charge < -0.3 is 20.2 Å². The van der Waals surface area contributed by atoms with E-state index < -0.39 is 21.6 Å². The Morgan fingerprint density at radius 1 is 1.16 bits per heavy atom. The molecule has 0 saturated heterocycles. The van der Waals surface area contributed by atoms with Crippen LogP contribution in [0.2, 0.25) is 5.02 Å². The Bertz CT molecular complexity index is 1190. The number of aromatic nitrogens is 2. The Balaban J connectivity index is 1.83. The van der Waals surface area contributed by atoms with Crippen molar-refractivity contribution in [1.29, 1.82) is 0 Å². The molecule has 0 aliphatic carbocycles. The second kappa shape index (κ2) is 8.79. The van der Waals surface area contributed by atoms with Crippen molar-refractivity contribution in [2.24, 2.45) is 0 Å². The lowest BCUT2D eigenvalue weighted by Crippen LogP contribution is -2.20. The zero-order chi connectivity index (χ0) is 22.7. The van der Waals surface area contributed by atoms with Crippen LogP contribution in [-0.2, 0) is 11.3 Å². The van der Waals surface area contributed by atoms with Gasteiger partial charge in [0.15, 0.2) is 5.02 Å². The number of halogens is 1. The highest BCUT2D eigenvalue weighted by Crippen LogP contribution is 2.31. The number of nitrogens with zero attached hydrogens (tertiary/aromatic N) is 4. The maximum absolute atomic E-state index is 12.4. The predicted molar refractivity (Wildman–Crippen MR) is 112 cm³/mol. The molecule has 0 unspecified atom stereocenters. The highest BCUT2D eigenvalue weighted by Gasteiger charge is 2.25. The largest absolute Gasteiger partial charge is 0.457 e. The van der Waals surface area contributed by atoms with E-state index in [1.165, 1.54) is 25.1 Å². The number of anilines is 1. The summed E-state index contributed by atoms with van der Waals surface area (Å²) in [6.07, 6.45) is 0. The summed E-state index contributed by atoms with van der Waals surface area (Å²) in [5.74, 6) is -0.502. The van der Waals surface area contributed by atoms with Crippen LogP contribution in [0, 0.1) is 34.1 Å². The van der Waals surface area contributed by atoms with Crippen molar-refractivity contribution < 1.29 is 19.4 Å². The van der Waals surface area contributed by atoms with Gasteiger partial charge in [-0.05, 0) is 30.4 Å². The summed E-state index contributed by atoms with van der Waals surface area (Å²) in [7, 11) is 0. The fourth-order valence-electron chi connectivity index (χ4n) is 2.73. The van der Waals surface area contributed by atoms with Gasteiger partial charge in [0.05, 0.1) is 27.5 Å². The molecule has 1 aromatic heterocycles. The summed E-state index contributed by atoms with van der Waals surface area (Å²) in [6.45, 7) is 2.93. The molecule has 12 heteroatoms. The Labute approximate surface area is 180 Å². The number of hydrogen-bond donors (Lipinski definition) is 1. The fourth-order valence-corrected chi connectivity index (χ4v) is 2.94. The Kier molecular flexibility index (Phi) is 6.16. The summed E-state index contributed by atoms with van der Waals surface area (Å²) in [5, 5.41) is 28.3. The number of ether oxygens (including phenoxy) is 1. The van der Waals surface area contributed by atoms with E-state index in [1.807, 2.05) is 19.1 Å². The molecule has 31 heavy (non-hydrogen) atoms. The lowest BCUT2D eigenvalue weighted by molar-refractivity contribution is -0.389. The van der Waals surface area contributed by atoms with Gasteiger partial charge in [0.25, 0.3) is 5.69 Å². The van der Waals surface area contributed by atoms with Gasteiger partial charge in [0.2, 0.25) is 5.91 Å². The van der Waals surface area contributed by atoms with Crippen molar-refractivity contribution in [3.8, 4) is 11.5 Å². The van der Waals surface area contributed by atoms with Crippen molar-refractivity contribution in [2.45, 2.75) is 20.4 Å². The molecule has 0 bridgehead atoms. The maximum Gasteiger partial charge on any atom is 0.408 e. The third kappa shape index (κ3) is 4.95. The van der Waals surface area contributed by atoms with Crippen molar-refractivity contribution in [3.05, 3.63) is 79.0 Å². The van der Waals surface area contributed by atoms with E-state index in [4.69, 9.17) is 16.3 Å². The Morgan fingerprint density at radius 2 is 1.87 bits per heavy atom. The van der Waals surface area contributed by atoms with Crippen LogP contribution < -0.4 is 10.1 Å². The Morgan fingerprint density at radius 3 is 2.48 bits per heavy atom. The number of carbonyl (C=O) groups excluding carboxylic acids is 1. The minimum Gasteiger partial charge on any atom is -0.457 e. The van der Waals surface area contributed by atoms with Crippen LogP contribution in [0.4, 0.5) is 17.2 Å². The van der Waals surface area contributed by atoms with E-state index in [0.717, 1.165) is 10.2 Å². The first-order valence-electron chi connectivity index (χ1n) is 8.86. The van der Waals surface area contributed by atoms with Gasteiger partial charge in [-0.1, -0.05) is 29.8 Å². The maximum atomic E-state index is 12.4. The number of hydrogen-bond acceptors (Lipinski definition) is 7. The molecule has 3 aromatic rings. The van der Waals surface area contributed by atoms with Crippen LogP contribution in [-0.4, -0.2) is 25.5 Å². The van der Waals surface area contributed by atoms with Crippen molar-refractivity contribution in [3.63, 3.8) is 0 Å². The van der Waals surface area contributed by atoms with Crippen LogP contribution in [0.3, 0.4) is 0 Å². The molecule has 0 radical (unpaired) electrons. The quantitative estimate of drug-likeness (QED) is 0.419. The number of nitro benzene ring substituents is 1. The average molecular weight is 446 g/mol. The number of amides is 1. The lowest BCUT2D eigenvalue weighted by atomic mass is 10.2. The molecule has 0 saturated carbocycles. The molecular weight excluding hydrogens is 430 g/mol. The van der Waals surface area contributed by atoms with Gasteiger partial charge in [0, 0.05) is 12.1 Å². The molecule has 1 amide bonds. The van der Waals surface area contributed by atoms with Gasteiger partial charge in [0.1, 0.15) is 18.0 Å². The zero-order valence-electron chi connectivity index (χ0n) is 16.4. The first-order valence-corrected chi connectivity index (χ1v) is 9.23. The normalized spacial score (nSPS) is 10.5. The smallest absolute Gasteiger partial charge is 0.408 e. The summed E-state index contributed by atoms with van der Waals surface area (Å²) in [4.78, 5) is 33.3. The van der Waals surface area contributed by atoms with E-state index in [-0.39, 0.29) is 34.4 Å². The number of nitrogens with one attached hydrogen (secondary N) is 1. The minimum absolute atomic E-state index is 0.119. The molecule has 0 spiro atoms. The van der Waals surface area contributed by atoms with Gasteiger partial charge in [-0.2, -0.15) is 4.68 Å². The average Bonchev–Trinajstić information content (AvgIpc) is 2.98. The van der Waals surface area contributed by atoms with E-state index in [2.05, 4.69) is 10.4 Å². The SMILES string of the molecule is Cc1ccccc1Oc1cc(NC(=O)Cn2nc([N+](=O)[O-])c(Cl)c2C)cc([N+](=O)[O-])c1. The second-order valence-electron chi connectivity index (χ2n) is 6.53. The third-order valence-corrected chi connectivity index (χ3v) is 4.73. The number of benzene rings is 2. The van der Waals surface area contributed by atoms with Gasteiger partial charge in [-0.3, -0.25) is 14.9 Å². The highest BCUT2D eigenvalue weighted by molar-refractivity contribution is 6.33. The summed E-state index contributed by atoms with van der Waals surface area (Å²) < 4.78 is 6.82. The Hall–Kier alpha value is -3.99. The fraction of sp³-hybridized carbons (Fsp3) is 0.158. The molecule has 1 heterocycles. The van der Waals surface area contributed by atoms with Crippen LogP contribution >= 0.6 is 11.6 Å². The van der Waals surface area contributed by atoms with Crippen LogP contribution in [0.25, 0.3) is 0 Å². The number of para-hydroxylation sites is 1. The number of aryl methyl sites for hydroxylation is 1. The van der Waals surface area contributed by atoms with Gasteiger partial charge in [-0.25, -0.2) is 0 Å². The molecular formula is C19H16ClN5O6. The molecule has 0 aliphatic rings. The van der Waals surface area contributed by atoms with Crippen molar-refractivity contribution in [1.82, 2.24) is 9.78 Å². The summed E-state index contributed by atoms with van der Waals surface area (Å²) >= 11 is 5.87. The standard InChI is InChI=1S/C19H16ClN5O6/c1-11-5-3-4-6-16(11)31-15-8-13(7-14(9-15)24(27)28)21-17(26)10-23-12(2)18(20)19(22-23)25(29)30/h3-9H,10H2,1-2H3,(H,21,26). The van der Waals surface area contributed by atoms with E-state index in [1.54, 1.807) is 12.1 Å². The molecule has 1 N–H and O–H groups in total. The summed E-state index contributed by atoms with van der Waals surface area (Å²) in [6, 6.07) is 11.0. The molecule has 0 fully saturated rings. The predicted octanol–water partition coefficient (Wildman–Crippen LogP) is 4.40. The third-order valence-electron chi connectivity index (χ3n) is 4.29. The molecule has 11 nitrogen and oxygen atoms in total. The van der Waals surface area contributed by atoms with E-state index in [9.17, 15) is 25.0 Å². The van der Waals surface area contributed by atoms with Gasteiger partial charge >= 0.3 is 5.82 Å². The summed E-state index contributed by atoms with van der Waals surface area (Å²) in [5.41, 5.74) is 0.905. The van der Waals surface area contributed by atoms with E-state index in [0.29, 0.717) is 5.75 Å². The zero-order valence-corrected chi connectivity index (χ0v) is 17.1. The minimum atomic E-state index is -0.751. The molecule has 0 atom stereocenters. The van der Waals surface area contributed by atoms with Crippen LogP contribution in [0.1, 0.15) is 11.3 Å². The highest BCUT2D eigenvalue weighted by atomic mass is 35.5. The number of nitro groups is 2. The lowest BCUT2D eigenvalue weighted by Gasteiger charge is -2.11.